The van der Waals surface area contributed by atoms with Crippen molar-refractivity contribution in [3.05, 3.63) is 39.6 Å². The molecule has 102 valence electrons. The van der Waals surface area contributed by atoms with Crippen LogP contribution in [0.3, 0.4) is 0 Å². The van der Waals surface area contributed by atoms with Crippen LogP contribution in [0.4, 0.5) is 9.52 Å². The van der Waals surface area contributed by atoms with Gasteiger partial charge >= 0.3 is 0 Å². The molecule has 0 fully saturated rings. The Kier molecular flexibility index (Phi) is 4.71. The topological polar surface area (TPSA) is 37.8 Å². The quantitative estimate of drug-likeness (QED) is 0.901. The Balaban J connectivity index is 1.98. The van der Waals surface area contributed by atoms with Crippen LogP contribution in [0.5, 0.6) is 0 Å². The highest BCUT2D eigenvalue weighted by Crippen LogP contribution is 2.20. The van der Waals surface area contributed by atoms with Crippen molar-refractivity contribution in [1.29, 1.82) is 0 Å². The first-order valence-electron chi connectivity index (χ1n) is 6.05. The highest BCUT2D eigenvalue weighted by atomic mass is 35.5. The van der Waals surface area contributed by atoms with E-state index in [0.29, 0.717) is 28.2 Å². The summed E-state index contributed by atoms with van der Waals surface area (Å²) in [4.78, 5) is 0. The molecular formula is C13H15ClFN3S. The monoisotopic (exact) mass is 299 g/mol. The molecule has 0 aliphatic rings. The number of nitrogens with one attached hydrogen (secondary N) is 1. The van der Waals surface area contributed by atoms with Gasteiger partial charge in [-0.1, -0.05) is 36.8 Å². The molecule has 2 aromatic rings. The fourth-order valence-electron chi connectivity index (χ4n) is 1.61. The summed E-state index contributed by atoms with van der Waals surface area (Å²) in [6, 6.07) is 4.51. The van der Waals surface area contributed by atoms with Crippen LogP contribution in [0.2, 0.25) is 5.02 Å². The third-order valence-corrected chi connectivity index (χ3v) is 3.63. The zero-order chi connectivity index (χ0) is 13.8. The maximum Gasteiger partial charge on any atom is 0.205 e. The van der Waals surface area contributed by atoms with Gasteiger partial charge in [0.25, 0.3) is 0 Å². The molecule has 0 unspecified atom stereocenters. The van der Waals surface area contributed by atoms with E-state index < -0.39 is 0 Å². The number of aromatic nitrogens is 2. The molecule has 3 nitrogen and oxygen atoms in total. The van der Waals surface area contributed by atoms with E-state index in [2.05, 4.69) is 29.4 Å². The summed E-state index contributed by atoms with van der Waals surface area (Å²) in [7, 11) is 0. The first kappa shape index (κ1) is 14.2. The van der Waals surface area contributed by atoms with Gasteiger partial charge in [-0.2, -0.15) is 0 Å². The molecule has 0 amide bonds. The number of benzene rings is 1. The Labute approximate surface area is 120 Å². The second-order valence-electron chi connectivity index (χ2n) is 4.69. The van der Waals surface area contributed by atoms with Crippen LogP contribution in [0.15, 0.2) is 18.2 Å². The predicted octanol–water partition coefficient (Wildman–Crippen LogP) is 4.14. The fraction of sp³-hybridized carbons (Fsp3) is 0.385. The van der Waals surface area contributed by atoms with E-state index >= 15 is 0 Å². The van der Waals surface area contributed by atoms with Crippen molar-refractivity contribution in [3.8, 4) is 0 Å². The molecule has 1 N–H and O–H groups in total. The Hall–Kier alpha value is -1.20. The Bertz CT molecular complexity index is 557. The van der Waals surface area contributed by atoms with Gasteiger partial charge in [0, 0.05) is 23.6 Å². The predicted molar refractivity (Wildman–Crippen MR) is 77.2 cm³/mol. The van der Waals surface area contributed by atoms with Crippen molar-refractivity contribution in [2.24, 2.45) is 5.92 Å². The Morgan fingerprint density at radius 2 is 2.16 bits per heavy atom. The van der Waals surface area contributed by atoms with E-state index in [1.54, 1.807) is 6.07 Å². The van der Waals surface area contributed by atoms with Gasteiger partial charge in [-0.25, -0.2) is 4.39 Å². The highest BCUT2D eigenvalue weighted by molar-refractivity contribution is 7.15. The zero-order valence-electron chi connectivity index (χ0n) is 10.8. The third-order valence-electron chi connectivity index (χ3n) is 2.49. The van der Waals surface area contributed by atoms with Crippen LogP contribution in [-0.2, 0) is 13.0 Å². The molecule has 0 radical (unpaired) electrons. The fourth-order valence-corrected chi connectivity index (χ4v) is 2.75. The normalized spacial score (nSPS) is 11.0. The molecule has 0 saturated heterocycles. The number of nitrogens with zero attached hydrogens (tertiary/aromatic N) is 2. The Morgan fingerprint density at radius 1 is 1.37 bits per heavy atom. The van der Waals surface area contributed by atoms with E-state index in [9.17, 15) is 4.39 Å². The summed E-state index contributed by atoms with van der Waals surface area (Å²) in [5, 5.41) is 13.4. The van der Waals surface area contributed by atoms with E-state index in [1.807, 2.05) is 0 Å². The van der Waals surface area contributed by atoms with E-state index in [4.69, 9.17) is 11.6 Å². The molecule has 1 aromatic carbocycles. The van der Waals surface area contributed by atoms with Gasteiger partial charge in [0.1, 0.15) is 10.8 Å². The number of halogens is 2. The minimum atomic E-state index is -0.274. The molecule has 2 rings (SSSR count). The second-order valence-corrected chi connectivity index (χ2v) is 6.19. The van der Waals surface area contributed by atoms with E-state index in [0.717, 1.165) is 11.4 Å². The van der Waals surface area contributed by atoms with Crippen molar-refractivity contribution < 1.29 is 4.39 Å². The van der Waals surface area contributed by atoms with E-state index in [-0.39, 0.29) is 5.82 Å². The molecule has 0 bridgehead atoms. The summed E-state index contributed by atoms with van der Waals surface area (Å²) >= 11 is 7.34. The van der Waals surface area contributed by atoms with Crippen molar-refractivity contribution in [2.45, 2.75) is 26.8 Å². The van der Waals surface area contributed by atoms with Gasteiger partial charge in [0.15, 0.2) is 0 Å². The second kappa shape index (κ2) is 6.30. The Morgan fingerprint density at radius 3 is 2.89 bits per heavy atom. The highest BCUT2D eigenvalue weighted by Gasteiger charge is 2.07. The largest absolute Gasteiger partial charge is 0.356 e. The molecule has 0 spiro atoms. The van der Waals surface area contributed by atoms with Gasteiger partial charge in [0.05, 0.1) is 0 Å². The average Bonchev–Trinajstić information content (AvgIpc) is 2.77. The van der Waals surface area contributed by atoms with Crippen molar-refractivity contribution in [2.75, 3.05) is 5.32 Å². The van der Waals surface area contributed by atoms with Crippen molar-refractivity contribution >= 4 is 28.1 Å². The van der Waals surface area contributed by atoms with Crippen LogP contribution in [0.1, 0.15) is 24.4 Å². The summed E-state index contributed by atoms with van der Waals surface area (Å²) in [5.74, 6) is 0.273. The lowest BCUT2D eigenvalue weighted by molar-refractivity contribution is 0.613. The summed E-state index contributed by atoms with van der Waals surface area (Å²) < 4.78 is 13.5. The van der Waals surface area contributed by atoms with Crippen LogP contribution in [-0.4, -0.2) is 10.2 Å². The van der Waals surface area contributed by atoms with Gasteiger partial charge in [0.2, 0.25) is 5.13 Å². The van der Waals surface area contributed by atoms with Gasteiger partial charge in [-0.3, -0.25) is 0 Å². The maximum absolute atomic E-state index is 13.5. The summed E-state index contributed by atoms with van der Waals surface area (Å²) in [6.07, 6.45) is 0.908. The van der Waals surface area contributed by atoms with Crippen LogP contribution < -0.4 is 5.32 Å². The molecule has 0 aliphatic heterocycles. The lowest BCUT2D eigenvalue weighted by Crippen LogP contribution is -2.01. The van der Waals surface area contributed by atoms with Gasteiger partial charge in [-0.05, 0) is 24.1 Å². The van der Waals surface area contributed by atoms with E-state index in [1.165, 1.54) is 23.5 Å². The number of hydrogen-bond acceptors (Lipinski definition) is 4. The van der Waals surface area contributed by atoms with Gasteiger partial charge in [-0.15, -0.1) is 10.2 Å². The first-order chi connectivity index (χ1) is 9.04. The lowest BCUT2D eigenvalue weighted by atomic mass is 10.1. The zero-order valence-corrected chi connectivity index (χ0v) is 12.4. The third kappa shape index (κ3) is 4.14. The molecule has 6 heteroatoms. The number of anilines is 1. The molecular weight excluding hydrogens is 285 g/mol. The standard InChI is InChI=1S/C13H15ClFN3S/c1-8(2)5-12-17-18-13(19-12)16-7-9-6-10(14)3-4-11(9)15/h3-4,6,8H,5,7H2,1-2H3,(H,16,18). The minimum Gasteiger partial charge on any atom is -0.356 e. The van der Waals surface area contributed by atoms with Crippen molar-refractivity contribution in [1.82, 2.24) is 10.2 Å². The molecule has 1 aromatic heterocycles. The molecule has 0 saturated carbocycles. The SMILES string of the molecule is CC(C)Cc1nnc(NCc2cc(Cl)ccc2F)s1. The van der Waals surface area contributed by atoms with Crippen LogP contribution >= 0.6 is 22.9 Å². The smallest absolute Gasteiger partial charge is 0.205 e. The minimum absolute atomic E-state index is 0.274. The molecule has 0 aliphatic carbocycles. The maximum atomic E-state index is 13.5. The molecule has 0 atom stereocenters. The molecule has 19 heavy (non-hydrogen) atoms. The van der Waals surface area contributed by atoms with Crippen molar-refractivity contribution in [3.63, 3.8) is 0 Å². The molecule has 1 heterocycles. The van der Waals surface area contributed by atoms with Crippen LogP contribution in [0.25, 0.3) is 0 Å². The lowest BCUT2D eigenvalue weighted by Gasteiger charge is -2.04. The number of hydrogen-bond donors (Lipinski definition) is 1. The number of rotatable bonds is 5. The summed E-state index contributed by atoms with van der Waals surface area (Å²) in [5.41, 5.74) is 0.521. The van der Waals surface area contributed by atoms with Gasteiger partial charge < -0.3 is 5.32 Å². The average molecular weight is 300 g/mol. The first-order valence-corrected chi connectivity index (χ1v) is 7.24. The summed E-state index contributed by atoms with van der Waals surface area (Å²) in [6.45, 7) is 4.62. The van der Waals surface area contributed by atoms with Crippen LogP contribution in [0, 0.1) is 11.7 Å².